The van der Waals surface area contributed by atoms with Crippen LogP contribution in [-0.2, 0) is 12.0 Å². The average Bonchev–Trinajstić information content (AvgIpc) is 3.24. The molecule has 0 amide bonds. The number of nitrogen functional groups attached to an aromatic ring is 1. The van der Waals surface area contributed by atoms with Crippen molar-refractivity contribution in [1.82, 2.24) is 9.97 Å². The third kappa shape index (κ3) is 2.44. The minimum atomic E-state index is -1.01. The van der Waals surface area contributed by atoms with E-state index in [1.165, 1.54) is 5.56 Å². The van der Waals surface area contributed by atoms with E-state index in [9.17, 15) is 5.11 Å². The summed E-state index contributed by atoms with van der Waals surface area (Å²) < 4.78 is 0. The standard InChI is InChI=1S/C18H18N4OS/c1-18(23,15-3-2-10-24-15)13-5-4-12-7-9-22(14(12)11-13)16-6-8-20-17(19)21-16/h2-6,8,10-11,23H,7,9H2,1H3,(H2,19,20,21). The van der Waals surface area contributed by atoms with Crippen LogP contribution >= 0.6 is 11.3 Å². The van der Waals surface area contributed by atoms with E-state index in [2.05, 4.69) is 27.0 Å². The van der Waals surface area contributed by atoms with Crippen LogP contribution in [0, 0.1) is 0 Å². The zero-order valence-corrected chi connectivity index (χ0v) is 14.1. The van der Waals surface area contributed by atoms with E-state index >= 15 is 0 Å². The summed E-state index contributed by atoms with van der Waals surface area (Å²) in [5, 5.41) is 13.0. The van der Waals surface area contributed by atoms with Crippen molar-refractivity contribution in [3.63, 3.8) is 0 Å². The summed E-state index contributed by atoms with van der Waals surface area (Å²) in [7, 11) is 0. The van der Waals surface area contributed by atoms with E-state index in [-0.39, 0.29) is 5.95 Å². The topological polar surface area (TPSA) is 75.3 Å². The van der Waals surface area contributed by atoms with Gasteiger partial charge in [-0.05, 0) is 48.1 Å². The molecule has 3 aromatic rings. The summed E-state index contributed by atoms with van der Waals surface area (Å²) in [6.45, 7) is 2.68. The second-order valence-electron chi connectivity index (χ2n) is 6.07. The van der Waals surface area contributed by atoms with E-state index in [4.69, 9.17) is 5.73 Å². The van der Waals surface area contributed by atoms with E-state index in [1.807, 2.05) is 36.6 Å². The number of nitrogens with two attached hydrogens (primary N) is 1. The van der Waals surface area contributed by atoms with Gasteiger partial charge in [0.2, 0.25) is 5.95 Å². The van der Waals surface area contributed by atoms with Crippen LogP contribution in [0.3, 0.4) is 0 Å². The maximum Gasteiger partial charge on any atom is 0.221 e. The molecule has 2 aromatic heterocycles. The molecule has 0 aliphatic carbocycles. The Hall–Kier alpha value is -2.44. The van der Waals surface area contributed by atoms with Crippen molar-refractivity contribution in [2.24, 2.45) is 0 Å². The highest BCUT2D eigenvalue weighted by Gasteiger charge is 2.30. The molecule has 4 rings (SSSR count). The van der Waals surface area contributed by atoms with Crippen molar-refractivity contribution in [3.8, 4) is 0 Å². The van der Waals surface area contributed by atoms with Crippen LogP contribution in [0.5, 0.6) is 0 Å². The number of fused-ring (bicyclic) bond motifs is 1. The first-order chi connectivity index (χ1) is 11.6. The Bertz CT molecular complexity index is 876. The molecule has 0 radical (unpaired) electrons. The van der Waals surface area contributed by atoms with Crippen molar-refractivity contribution < 1.29 is 5.11 Å². The van der Waals surface area contributed by atoms with Crippen molar-refractivity contribution in [3.05, 3.63) is 64.0 Å². The van der Waals surface area contributed by atoms with Gasteiger partial charge in [-0.1, -0.05) is 18.2 Å². The van der Waals surface area contributed by atoms with Crippen LogP contribution in [0.4, 0.5) is 17.5 Å². The third-order valence-electron chi connectivity index (χ3n) is 4.48. The van der Waals surface area contributed by atoms with Crippen LogP contribution in [-0.4, -0.2) is 21.6 Å². The zero-order valence-electron chi connectivity index (χ0n) is 13.3. The molecule has 3 N–H and O–H groups in total. The molecule has 3 heterocycles. The highest BCUT2D eigenvalue weighted by atomic mass is 32.1. The summed E-state index contributed by atoms with van der Waals surface area (Å²) in [5.41, 5.74) is 7.90. The molecule has 0 bridgehead atoms. The largest absolute Gasteiger partial charge is 0.380 e. The fourth-order valence-corrected chi connectivity index (χ4v) is 3.94. The van der Waals surface area contributed by atoms with Crippen molar-refractivity contribution >= 4 is 28.8 Å². The van der Waals surface area contributed by atoms with E-state index in [0.29, 0.717) is 0 Å². The van der Waals surface area contributed by atoms with Crippen molar-refractivity contribution in [1.29, 1.82) is 0 Å². The molecule has 1 aromatic carbocycles. The molecule has 0 saturated carbocycles. The summed E-state index contributed by atoms with van der Waals surface area (Å²) in [6, 6.07) is 11.9. The lowest BCUT2D eigenvalue weighted by atomic mass is 9.93. The Morgan fingerprint density at radius 2 is 2.17 bits per heavy atom. The first-order valence-electron chi connectivity index (χ1n) is 7.81. The number of thiophene rings is 1. The Kier molecular flexibility index (Phi) is 3.51. The lowest BCUT2D eigenvalue weighted by molar-refractivity contribution is 0.106. The van der Waals surface area contributed by atoms with E-state index in [0.717, 1.165) is 34.9 Å². The number of rotatable bonds is 3. The molecule has 0 spiro atoms. The Labute approximate surface area is 144 Å². The minimum absolute atomic E-state index is 0.266. The Morgan fingerprint density at radius 1 is 1.29 bits per heavy atom. The monoisotopic (exact) mass is 338 g/mol. The molecule has 0 fully saturated rings. The number of benzene rings is 1. The molecule has 1 aliphatic heterocycles. The van der Waals surface area contributed by atoms with Gasteiger partial charge < -0.3 is 15.7 Å². The highest BCUT2D eigenvalue weighted by Crippen LogP contribution is 2.39. The lowest BCUT2D eigenvalue weighted by Gasteiger charge is -2.25. The number of aromatic nitrogens is 2. The normalized spacial score (nSPS) is 16.0. The fourth-order valence-electron chi connectivity index (χ4n) is 3.13. The van der Waals surface area contributed by atoms with Crippen LogP contribution in [0.25, 0.3) is 0 Å². The smallest absolute Gasteiger partial charge is 0.221 e. The zero-order chi connectivity index (χ0) is 16.7. The summed E-state index contributed by atoms with van der Waals surface area (Å²) >= 11 is 1.56. The van der Waals surface area contributed by atoms with Crippen LogP contribution in [0.2, 0.25) is 0 Å². The average molecular weight is 338 g/mol. The SMILES string of the molecule is CC(O)(c1ccc2c(c1)N(c1ccnc(N)n1)CC2)c1cccs1. The van der Waals surface area contributed by atoms with Gasteiger partial charge in [-0.2, -0.15) is 4.98 Å². The van der Waals surface area contributed by atoms with Crippen LogP contribution in [0.15, 0.2) is 48.0 Å². The first kappa shape index (κ1) is 15.1. The number of aliphatic hydroxyl groups is 1. The quantitative estimate of drug-likeness (QED) is 0.767. The fraction of sp³-hybridized carbons (Fsp3) is 0.222. The summed E-state index contributed by atoms with van der Waals surface area (Å²) in [6.07, 6.45) is 2.61. The first-order valence-corrected chi connectivity index (χ1v) is 8.69. The third-order valence-corrected chi connectivity index (χ3v) is 5.56. The van der Waals surface area contributed by atoms with Gasteiger partial charge in [0.1, 0.15) is 11.4 Å². The molecule has 1 atom stereocenters. The molecule has 5 nitrogen and oxygen atoms in total. The summed E-state index contributed by atoms with van der Waals surface area (Å²) in [5.74, 6) is 1.05. The van der Waals surface area contributed by atoms with Gasteiger partial charge in [0.25, 0.3) is 0 Å². The number of anilines is 3. The van der Waals surface area contributed by atoms with Crippen LogP contribution in [0.1, 0.15) is 22.9 Å². The molecule has 1 unspecified atom stereocenters. The van der Waals surface area contributed by atoms with E-state index < -0.39 is 5.60 Å². The number of hydrogen-bond donors (Lipinski definition) is 2. The maximum absolute atomic E-state index is 11.0. The second-order valence-corrected chi connectivity index (χ2v) is 7.02. The molecule has 122 valence electrons. The number of hydrogen-bond acceptors (Lipinski definition) is 6. The van der Waals surface area contributed by atoms with Gasteiger partial charge in [-0.25, -0.2) is 4.98 Å². The van der Waals surface area contributed by atoms with Crippen LogP contribution < -0.4 is 10.6 Å². The highest BCUT2D eigenvalue weighted by molar-refractivity contribution is 7.10. The maximum atomic E-state index is 11.0. The van der Waals surface area contributed by atoms with Gasteiger partial charge in [0, 0.05) is 23.3 Å². The predicted molar refractivity (Wildman–Crippen MR) is 96.6 cm³/mol. The predicted octanol–water partition coefficient (Wildman–Crippen LogP) is 3.07. The van der Waals surface area contributed by atoms with Gasteiger partial charge in [-0.15, -0.1) is 11.3 Å². The van der Waals surface area contributed by atoms with Crippen molar-refractivity contribution in [2.75, 3.05) is 17.2 Å². The molecule has 6 heteroatoms. The molecular weight excluding hydrogens is 320 g/mol. The Balaban J connectivity index is 1.76. The lowest BCUT2D eigenvalue weighted by Crippen LogP contribution is -2.22. The molecule has 0 saturated heterocycles. The molecule has 24 heavy (non-hydrogen) atoms. The summed E-state index contributed by atoms with van der Waals surface area (Å²) in [4.78, 5) is 11.3. The van der Waals surface area contributed by atoms with Gasteiger partial charge >= 0.3 is 0 Å². The van der Waals surface area contributed by atoms with E-state index in [1.54, 1.807) is 17.5 Å². The number of nitrogens with zero attached hydrogens (tertiary/aromatic N) is 3. The van der Waals surface area contributed by atoms with Gasteiger partial charge in [0.15, 0.2) is 0 Å². The minimum Gasteiger partial charge on any atom is -0.380 e. The van der Waals surface area contributed by atoms with Gasteiger partial charge in [0.05, 0.1) is 0 Å². The second kappa shape index (κ2) is 5.58. The Morgan fingerprint density at radius 3 is 2.92 bits per heavy atom. The molecular formula is C18H18N4OS. The van der Waals surface area contributed by atoms with Crippen molar-refractivity contribution in [2.45, 2.75) is 18.9 Å². The van der Waals surface area contributed by atoms with Gasteiger partial charge in [-0.3, -0.25) is 0 Å². The molecule has 1 aliphatic rings.